The van der Waals surface area contributed by atoms with E-state index in [0.29, 0.717) is 12.0 Å². The molecule has 2 nitrogen and oxygen atoms in total. The van der Waals surface area contributed by atoms with Crippen LogP contribution < -0.4 is 5.73 Å². The van der Waals surface area contributed by atoms with Crippen molar-refractivity contribution in [1.29, 1.82) is 0 Å². The molecule has 0 aliphatic heterocycles. The maximum Gasteiger partial charge on any atom is 0.159 e. The van der Waals surface area contributed by atoms with Gasteiger partial charge in [0.25, 0.3) is 0 Å². The molecule has 1 aromatic heterocycles. The molecule has 2 rings (SSSR count). The molecule has 0 spiro atoms. The molecule has 1 aromatic carbocycles. The molecule has 5 heteroatoms. The molecule has 90 valence electrons. The van der Waals surface area contributed by atoms with Crippen LogP contribution in [-0.4, -0.2) is 4.98 Å². The predicted molar refractivity (Wildman–Crippen MR) is 63.8 cm³/mol. The Kier molecular flexibility index (Phi) is 3.49. The number of hydrogen-bond acceptors (Lipinski definition) is 3. The number of nitrogens with zero attached hydrogens (tertiary/aromatic N) is 1. The van der Waals surface area contributed by atoms with Gasteiger partial charge in [0.05, 0.1) is 10.7 Å². The number of aryl methyl sites for hydroxylation is 1. The van der Waals surface area contributed by atoms with Gasteiger partial charge in [-0.15, -0.1) is 11.3 Å². The standard InChI is InChI=1S/C12H12F2N2S/c1-7-16-9(6-17-7)5-12(15)8-2-3-10(13)11(14)4-8/h2-4,6,12H,5,15H2,1H3. The number of halogens is 2. The highest BCUT2D eigenvalue weighted by molar-refractivity contribution is 7.09. The quantitative estimate of drug-likeness (QED) is 0.914. The summed E-state index contributed by atoms with van der Waals surface area (Å²) < 4.78 is 25.8. The first kappa shape index (κ1) is 12.1. The summed E-state index contributed by atoms with van der Waals surface area (Å²) in [6, 6.07) is 3.37. The van der Waals surface area contributed by atoms with Crippen molar-refractivity contribution in [1.82, 2.24) is 4.98 Å². The second-order valence-electron chi connectivity index (χ2n) is 3.84. The molecule has 0 aliphatic carbocycles. The van der Waals surface area contributed by atoms with Gasteiger partial charge in [-0.1, -0.05) is 6.07 Å². The van der Waals surface area contributed by atoms with E-state index >= 15 is 0 Å². The predicted octanol–water partition coefficient (Wildman–Crippen LogP) is 2.97. The van der Waals surface area contributed by atoms with Crippen LogP contribution >= 0.6 is 11.3 Å². The normalized spacial score (nSPS) is 12.7. The number of aromatic nitrogens is 1. The van der Waals surface area contributed by atoms with Crippen LogP contribution in [0.4, 0.5) is 8.78 Å². The zero-order valence-electron chi connectivity index (χ0n) is 9.28. The minimum Gasteiger partial charge on any atom is -0.324 e. The van der Waals surface area contributed by atoms with Crippen LogP contribution in [0, 0.1) is 18.6 Å². The summed E-state index contributed by atoms with van der Waals surface area (Å²) >= 11 is 1.55. The van der Waals surface area contributed by atoms with Crippen molar-refractivity contribution in [2.24, 2.45) is 5.73 Å². The highest BCUT2D eigenvalue weighted by Gasteiger charge is 2.11. The van der Waals surface area contributed by atoms with E-state index in [0.717, 1.165) is 22.8 Å². The zero-order chi connectivity index (χ0) is 12.4. The molecule has 0 saturated carbocycles. The maximum absolute atomic E-state index is 13.0. The lowest BCUT2D eigenvalue weighted by Crippen LogP contribution is -2.14. The summed E-state index contributed by atoms with van der Waals surface area (Å²) in [6.45, 7) is 1.91. The van der Waals surface area contributed by atoms with Crippen molar-refractivity contribution >= 4 is 11.3 Å². The van der Waals surface area contributed by atoms with Gasteiger partial charge in [0.1, 0.15) is 0 Å². The van der Waals surface area contributed by atoms with E-state index in [-0.39, 0.29) is 6.04 Å². The second kappa shape index (κ2) is 4.89. The molecule has 0 bridgehead atoms. The average Bonchev–Trinajstić information content (AvgIpc) is 2.68. The molecule has 0 aliphatic rings. The number of hydrogen-bond donors (Lipinski definition) is 1. The topological polar surface area (TPSA) is 38.9 Å². The van der Waals surface area contributed by atoms with Crippen molar-refractivity contribution in [2.75, 3.05) is 0 Å². The minimum atomic E-state index is -0.868. The van der Waals surface area contributed by atoms with Gasteiger partial charge >= 0.3 is 0 Å². The van der Waals surface area contributed by atoms with Crippen LogP contribution in [0.15, 0.2) is 23.6 Å². The van der Waals surface area contributed by atoms with E-state index in [9.17, 15) is 8.78 Å². The van der Waals surface area contributed by atoms with Crippen LogP contribution in [0.1, 0.15) is 22.3 Å². The van der Waals surface area contributed by atoms with Crippen LogP contribution in [0.25, 0.3) is 0 Å². The van der Waals surface area contributed by atoms with Crippen molar-refractivity contribution < 1.29 is 8.78 Å². The first-order chi connectivity index (χ1) is 8.06. The fraction of sp³-hybridized carbons (Fsp3) is 0.250. The molecule has 0 amide bonds. The number of benzene rings is 1. The summed E-state index contributed by atoms with van der Waals surface area (Å²) in [4.78, 5) is 4.29. The monoisotopic (exact) mass is 254 g/mol. The number of nitrogens with two attached hydrogens (primary N) is 1. The van der Waals surface area contributed by atoms with E-state index < -0.39 is 11.6 Å². The van der Waals surface area contributed by atoms with Crippen LogP contribution in [0.3, 0.4) is 0 Å². The molecule has 1 unspecified atom stereocenters. The van der Waals surface area contributed by atoms with Crippen molar-refractivity contribution in [3.63, 3.8) is 0 Å². The summed E-state index contributed by atoms with van der Waals surface area (Å²) in [5.74, 6) is -1.72. The van der Waals surface area contributed by atoms with Gasteiger partial charge in [-0.05, 0) is 24.6 Å². The Bertz CT molecular complexity index is 525. The SMILES string of the molecule is Cc1nc(CC(N)c2ccc(F)c(F)c2)cs1. The molecule has 2 N–H and O–H groups in total. The summed E-state index contributed by atoms with van der Waals surface area (Å²) in [5.41, 5.74) is 7.39. The molecular weight excluding hydrogens is 242 g/mol. The third kappa shape index (κ3) is 2.87. The van der Waals surface area contributed by atoms with Crippen LogP contribution in [0.5, 0.6) is 0 Å². The second-order valence-corrected chi connectivity index (χ2v) is 4.90. The Hall–Kier alpha value is -1.33. The molecule has 0 saturated heterocycles. The Balaban J connectivity index is 2.14. The molecule has 0 fully saturated rings. The minimum absolute atomic E-state index is 0.369. The van der Waals surface area contributed by atoms with E-state index in [1.54, 1.807) is 11.3 Å². The number of thiazole rings is 1. The molecule has 2 aromatic rings. The van der Waals surface area contributed by atoms with E-state index in [1.165, 1.54) is 6.07 Å². The summed E-state index contributed by atoms with van der Waals surface area (Å²) in [5, 5.41) is 2.90. The van der Waals surface area contributed by atoms with Gasteiger partial charge < -0.3 is 5.73 Å². The van der Waals surface area contributed by atoms with Gasteiger partial charge in [-0.25, -0.2) is 13.8 Å². The third-order valence-corrected chi connectivity index (χ3v) is 3.29. The molecule has 1 atom stereocenters. The largest absolute Gasteiger partial charge is 0.324 e. The van der Waals surface area contributed by atoms with Crippen molar-refractivity contribution in [3.05, 3.63) is 51.5 Å². The fourth-order valence-electron chi connectivity index (χ4n) is 1.59. The first-order valence-electron chi connectivity index (χ1n) is 5.18. The highest BCUT2D eigenvalue weighted by atomic mass is 32.1. The van der Waals surface area contributed by atoms with E-state index in [2.05, 4.69) is 4.98 Å². The third-order valence-electron chi connectivity index (χ3n) is 2.47. The maximum atomic E-state index is 13.0. The highest BCUT2D eigenvalue weighted by Crippen LogP contribution is 2.19. The number of rotatable bonds is 3. The Morgan fingerprint density at radius 3 is 2.71 bits per heavy atom. The van der Waals surface area contributed by atoms with E-state index in [1.807, 2.05) is 12.3 Å². The van der Waals surface area contributed by atoms with Crippen molar-refractivity contribution in [2.45, 2.75) is 19.4 Å². The lowest BCUT2D eigenvalue weighted by atomic mass is 10.0. The lowest BCUT2D eigenvalue weighted by molar-refractivity contribution is 0.505. The Morgan fingerprint density at radius 1 is 1.35 bits per heavy atom. The van der Waals surface area contributed by atoms with Gasteiger partial charge in [-0.3, -0.25) is 0 Å². The Morgan fingerprint density at radius 2 is 2.12 bits per heavy atom. The van der Waals surface area contributed by atoms with Gasteiger partial charge in [0, 0.05) is 17.8 Å². The first-order valence-corrected chi connectivity index (χ1v) is 6.06. The van der Waals surface area contributed by atoms with Crippen molar-refractivity contribution in [3.8, 4) is 0 Å². The van der Waals surface area contributed by atoms with Gasteiger partial charge in [0.2, 0.25) is 0 Å². The van der Waals surface area contributed by atoms with E-state index in [4.69, 9.17) is 5.73 Å². The molecule has 0 radical (unpaired) electrons. The smallest absolute Gasteiger partial charge is 0.159 e. The lowest BCUT2D eigenvalue weighted by Gasteiger charge is -2.10. The summed E-state index contributed by atoms with van der Waals surface area (Å²) in [6.07, 6.45) is 0.523. The van der Waals surface area contributed by atoms with Gasteiger partial charge in [-0.2, -0.15) is 0 Å². The van der Waals surface area contributed by atoms with Gasteiger partial charge in [0.15, 0.2) is 11.6 Å². The molecule has 17 heavy (non-hydrogen) atoms. The van der Waals surface area contributed by atoms with Crippen LogP contribution in [0.2, 0.25) is 0 Å². The Labute approximate surface area is 102 Å². The molecule has 1 heterocycles. The summed E-state index contributed by atoms with van der Waals surface area (Å²) in [7, 11) is 0. The average molecular weight is 254 g/mol. The zero-order valence-corrected chi connectivity index (χ0v) is 10.1. The molecular formula is C12H12F2N2S. The fourth-order valence-corrected chi connectivity index (χ4v) is 2.21. The van der Waals surface area contributed by atoms with Crippen LogP contribution in [-0.2, 0) is 6.42 Å².